The number of allylic oxidation sites excluding steroid dienone is 1. The number of amidine groups is 1. The summed E-state index contributed by atoms with van der Waals surface area (Å²) in [4.78, 5) is 13.9. The normalized spacial score (nSPS) is 15.6. The summed E-state index contributed by atoms with van der Waals surface area (Å²) in [5, 5.41) is 27.8. The second-order valence-corrected chi connectivity index (χ2v) is 6.17. The second-order valence-electron chi connectivity index (χ2n) is 5.26. The molecular formula is C19H12BrN3O2. The molecule has 122 valence electrons. The van der Waals surface area contributed by atoms with Gasteiger partial charge in [-0.05, 0) is 24.3 Å². The number of halogens is 1. The lowest BCUT2D eigenvalue weighted by Gasteiger charge is -2.20. The molecule has 3 rings (SSSR count). The molecule has 25 heavy (non-hydrogen) atoms. The summed E-state index contributed by atoms with van der Waals surface area (Å²) in [5.74, 6) is -0.870. The minimum atomic E-state index is -0.375. The summed E-state index contributed by atoms with van der Waals surface area (Å²) >= 11 is 3.34. The fraction of sp³-hybridized carbons (Fsp3) is 0. The Bertz CT molecular complexity index is 954. The molecule has 0 atom stereocenters. The van der Waals surface area contributed by atoms with Gasteiger partial charge in [0.15, 0.2) is 17.4 Å². The van der Waals surface area contributed by atoms with Gasteiger partial charge in [-0.1, -0.05) is 46.3 Å². The van der Waals surface area contributed by atoms with Crippen LogP contribution in [0.5, 0.6) is 0 Å². The summed E-state index contributed by atoms with van der Waals surface area (Å²) < 4.78 is 0.852. The summed E-state index contributed by atoms with van der Waals surface area (Å²) in [6.45, 7) is 0. The smallest absolute Gasteiger partial charge is 0.188 e. The van der Waals surface area contributed by atoms with E-state index in [-0.39, 0.29) is 28.6 Å². The maximum Gasteiger partial charge on any atom is 0.188 e. The van der Waals surface area contributed by atoms with Gasteiger partial charge in [0, 0.05) is 21.8 Å². The molecule has 1 aliphatic rings. The van der Waals surface area contributed by atoms with Crippen LogP contribution in [0.4, 0.5) is 5.69 Å². The lowest BCUT2D eigenvalue weighted by atomic mass is 10.1. The van der Waals surface area contributed by atoms with Gasteiger partial charge in [0.1, 0.15) is 11.6 Å². The predicted octanol–water partition coefficient (Wildman–Crippen LogP) is 4.35. The first-order valence-corrected chi connectivity index (χ1v) is 8.11. The zero-order valence-corrected chi connectivity index (χ0v) is 14.5. The highest BCUT2D eigenvalue weighted by molar-refractivity contribution is 9.10. The maximum atomic E-state index is 12.5. The number of carbonyl (C=O) groups is 1. The Morgan fingerprint density at radius 2 is 1.80 bits per heavy atom. The number of nitrogens with zero attached hydrogens (tertiary/aromatic N) is 2. The number of nitrogens with one attached hydrogen (secondary N) is 1. The minimum Gasteiger partial charge on any atom is -0.504 e. The van der Waals surface area contributed by atoms with Gasteiger partial charge in [-0.2, -0.15) is 5.26 Å². The van der Waals surface area contributed by atoms with E-state index in [2.05, 4.69) is 15.9 Å². The number of benzene rings is 2. The zero-order chi connectivity index (χ0) is 18.0. The first-order chi connectivity index (χ1) is 12.0. The van der Waals surface area contributed by atoms with Crippen molar-refractivity contribution in [1.82, 2.24) is 0 Å². The molecule has 0 saturated carbocycles. The minimum absolute atomic E-state index is 0.109. The molecule has 6 heteroatoms. The first-order valence-electron chi connectivity index (χ1n) is 7.32. The van der Waals surface area contributed by atoms with Crippen molar-refractivity contribution >= 4 is 33.2 Å². The van der Waals surface area contributed by atoms with Crippen LogP contribution < -0.4 is 4.90 Å². The Morgan fingerprint density at radius 3 is 2.40 bits per heavy atom. The second kappa shape index (κ2) is 6.75. The third kappa shape index (κ3) is 3.10. The van der Waals surface area contributed by atoms with Crippen molar-refractivity contribution in [1.29, 1.82) is 10.7 Å². The van der Waals surface area contributed by atoms with Crippen LogP contribution in [-0.2, 0) is 0 Å². The summed E-state index contributed by atoms with van der Waals surface area (Å²) in [7, 11) is 0. The zero-order valence-electron chi connectivity index (χ0n) is 12.9. The highest BCUT2D eigenvalue weighted by Gasteiger charge is 2.34. The van der Waals surface area contributed by atoms with Gasteiger partial charge in [0.05, 0.1) is 5.70 Å². The molecule has 2 N–H and O–H groups in total. The first kappa shape index (κ1) is 16.7. The highest BCUT2D eigenvalue weighted by Crippen LogP contribution is 2.33. The van der Waals surface area contributed by atoms with E-state index in [9.17, 15) is 15.2 Å². The molecule has 0 aliphatic carbocycles. The Balaban J connectivity index is 2.09. The molecule has 2 aromatic carbocycles. The van der Waals surface area contributed by atoms with Crippen LogP contribution in [0.1, 0.15) is 10.4 Å². The molecule has 0 spiro atoms. The molecule has 1 aliphatic heterocycles. The number of hydrogen-bond donors (Lipinski definition) is 2. The van der Waals surface area contributed by atoms with E-state index in [0.717, 1.165) is 4.47 Å². The van der Waals surface area contributed by atoms with E-state index in [1.807, 2.05) is 6.07 Å². The van der Waals surface area contributed by atoms with Crippen molar-refractivity contribution in [3.8, 4) is 6.07 Å². The monoisotopic (exact) mass is 393 g/mol. The Labute approximate surface area is 152 Å². The number of anilines is 1. The average molecular weight is 394 g/mol. The van der Waals surface area contributed by atoms with Crippen molar-refractivity contribution in [2.24, 2.45) is 0 Å². The number of hydrogen-bond acceptors (Lipinski definition) is 4. The Kier molecular flexibility index (Phi) is 4.50. The van der Waals surface area contributed by atoms with E-state index in [0.29, 0.717) is 11.3 Å². The molecule has 0 aromatic heterocycles. The summed E-state index contributed by atoms with van der Waals surface area (Å²) in [6.07, 6.45) is 1.24. The fourth-order valence-corrected chi connectivity index (χ4v) is 2.75. The van der Waals surface area contributed by atoms with Gasteiger partial charge >= 0.3 is 0 Å². The molecule has 0 fully saturated rings. The largest absolute Gasteiger partial charge is 0.504 e. The third-order valence-electron chi connectivity index (χ3n) is 3.70. The quantitative estimate of drug-likeness (QED) is 0.599. The molecule has 0 amide bonds. The van der Waals surface area contributed by atoms with E-state index >= 15 is 0 Å². The molecule has 0 bridgehead atoms. The van der Waals surface area contributed by atoms with Crippen LogP contribution in [0.15, 0.2) is 82.2 Å². The van der Waals surface area contributed by atoms with E-state index in [1.54, 1.807) is 54.6 Å². The lowest BCUT2D eigenvalue weighted by Crippen LogP contribution is -2.25. The summed E-state index contributed by atoms with van der Waals surface area (Å²) in [5.41, 5.74) is 0.959. The van der Waals surface area contributed by atoms with Crippen LogP contribution in [0, 0.1) is 16.7 Å². The predicted molar refractivity (Wildman–Crippen MR) is 98.5 cm³/mol. The fourth-order valence-electron chi connectivity index (χ4n) is 2.49. The van der Waals surface area contributed by atoms with Crippen molar-refractivity contribution < 1.29 is 9.90 Å². The SMILES string of the molecule is N#CC1=C(O)/C(=C\C(=O)c2ccccc2)N(c2ccc(Br)cc2)C1=N. The van der Waals surface area contributed by atoms with Gasteiger partial charge in [-0.15, -0.1) is 0 Å². The number of aliphatic hydroxyl groups is 1. The lowest BCUT2D eigenvalue weighted by molar-refractivity contribution is 0.104. The standard InChI is InChI=1S/C19H12BrN3O2/c20-13-6-8-14(9-7-13)23-16(18(25)15(11-21)19(23)22)10-17(24)12-4-2-1-3-5-12/h1-10,22,25H/b16-10+,22-19?. The number of rotatable bonds is 3. The van der Waals surface area contributed by atoms with E-state index in [4.69, 9.17) is 5.41 Å². The van der Waals surface area contributed by atoms with Gasteiger partial charge in [0.25, 0.3) is 0 Å². The third-order valence-corrected chi connectivity index (χ3v) is 4.23. The van der Waals surface area contributed by atoms with E-state index < -0.39 is 0 Å². The van der Waals surface area contributed by atoms with Gasteiger partial charge in [-0.25, -0.2) is 0 Å². The molecule has 0 radical (unpaired) electrons. The van der Waals surface area contributed by atoms with Crippen molar-refractivity contribution in [2.75, 3.05) is 4.90 Å². The topological polar surface area (TPSA) is 88.2 Å². The van der Waals surface area contributed by atoms with Crippen LogP contribution in [0.3, 0.4) is 0 Å². The molecule has 1 heterocycles. The number of carbonyl (C=O) groups excluding carboxylic acids is 1. The molecular weight excluding hydrogens is 382 g/mol. The van der Waals surface area contributed by atoms with Crippen LogP contribution in [-0.4, -0.2) is 16.7 Å². The van der Waals surface area contributed by atoms with Crippen molar-refractivity contribution in [2.45, 2.75) is 0 Å². The molecule has 0 saturated heterocycles. The van der Waals surface area contributed by atoms with Gasteiger partial charge in [0.2, 0.25) is 0 Å². The Hall–Kier alpha value is -3.17. The Morgan fingerprint density at radius 1 is 1.16 bits per heavy atom. The van der Waals surface area contributed by atoms with Crippen molar-refractivity contribution in [3.63, 3.8) is 0 Å². The highest BCUT2D eigenvalue weighted by atomic mass is 79.9. The van der Waals surface area contributed by atoms with Crippen LogP contribution in [0.2, 0.25) is 0 Å². The van der Waals surface area contributed by atoms with Crippen molar-refractivity contribution in [3.05, 3.63) is 87.7 Å². The molecule has 5 nitrogen and oxygen atoms in total. The molecule has 0 unspecified atom stereocenters. The van der Waals surface area contributed by atoms with E-state index in [1.165, 1.54) is 11.0 Å². The number of ketones is 1. The van der Waals surface area contributed by atoms with Gasteiger partial charge < -0.3 is 5.11 Å². The van der Waals surface area contributed by atoms with Crippen LogP contribution >= 0.6 is 15.9 Å². The number of nitriles is 1. The average Bonchev–Trinajstić information content (AvgIpc) is 2.86. The summed E-state index contributed by atoms with van der Waals surface area (Å²) in [6, 6.07) is 17.4. The maximum absolute atomic E-state index is 12.5. The molecule has 2 aromatic rings. The van der Waals surface area contributed by atoms with Crippen LogP contribution in [0.25, 0.3) is 0 Å². The van der Waals surface area contributed by atoms with Gasteiger partial charge in [-0.3, -0.25) is 15.1 Å². The number of aliphatic hydroxyl groups excluding tert-OH is 1.